The Morgan fingerprint density at radius 3 is 2.00 bits per heavy atom. The summed E-state index contributed by atoms with van der Waals surface area (Å²) in [6.45, 7) is 12.2. The number of hydrogen-bond donors (Lipinski definition) is 2. The zero-order valence-electron chi connectivity index (χ0n) is 12.4. The molecule has 0 saturated carbocycles. The van der Waals surface area contributed by atoms with Crippen molar-refractivity contribution in [3.63, 3.8) is 0 Å². The third-order valence-corrected chi connectivity index (χ3v) is 4.05. The lowest BCUT2D eigenvalue weighted by Gasteiger charge is -2.28. The minimum Gasteiger partial charge on any atom is -0.481 e. The maximum Gasteiger partial charge on any atom is 0.310 e. The van der Waals surface area contributed by atoms with E-state index in [4.69, 9.17) is 0 Å². The van der Waals surface area contributed by atoms with E-state index in [0.29, 0.717) is 18.4 Å². The van der Waals surface area contributed by atoms with Crippen LogP contribution >= 0.6 is 0 Å². The van der Waals surface area contributed by atoms with Crippen LogP contribution in [0.3, 0.4) is 0 Å². The van der Waals surface area contributed by atoms with Gasteiger partial charge in [-0.2, -0.15) is 0 Å². The minimum absolute atomic E-state index is 0.0326. The fraction of sp³-hybridized carbons (Fsp3) is 0.857. The normalized spacial score (nSPS) is 16.4. The lowest BCUT2D eigenvalue weighted by molar-refractivity contribution is -0.153. The van der Waals surface area contributed by atoms with E-state index in [2.05, 4.69) is 26.1 Å². The molecular formula is C14H27NO3. The first-order chi connectivity index (χ1) is 8.11. The van der Waals surface area contributed by atoms with Crippen LogP contribution in [0.4, 0.5) is 0 Å². The Kier molecular flexibility index (Phi) is 6.36. The third-order valence-electron chi connectivity index (χ3n) is 4.05. The van der Waals surface area contributed by atoms with E-state index in [1.807, 2.05) is 13.8 Å². The number of amides is 1. The Morgan fingerprint density at radius 1 is 1.17 bits per heavy atom. The van der Waals surface area contributed by atoms with Crippen LogP contribution in [0.1, 0.15) is 48.0 Å². The zero-order valence-corrected chi connectivity index (χ0v) is 12.4. The van der Waals surface area contributed by atoms with Gasteiger partial charge in [0, 0.05) is 13.0 Å². The van der Waals surface area contributed by atoms with Gasteiger partial charge in [0.2, 0.25) is 5.91 Å². The summed E-state index contributed by atoms with van der Waals surface area (Å²) >= 11 is 0. The van der Waals surface area contributed by atoms with E-state index in [1.165, 1.54) is 0 Å². The van der Waals surface area contributed by atoms with Gasteiger partial charge in [0.1, 0.15) is 0 Å². The highest BCUT2D eigenvalue weighted by Crippen LogP contribution is 2.31. The maximum atomic E-state index is 11.8. The summed E-state index contributed by atoms with van der Waals surface area (Å²) in [6.07, 6.45) is 0.0326. The number of hydrogen-bond acceptors (Lipinski definition) is 2. The second kappa shape index (κ2) is 6.76. The van der Waals surface area contributed by atoms with Crippen LogP contribution in [0.15, 0.2) is 0 Å². The first-order valence-electron chi connectivity index (χ1n) is 6.61. The summed E-state index contributed by atoms with van der Waals surface area (Å²) in [6, 6.07) is 0. The van der Waals surface area contributed by atoms with Crippen molar-refractivity contribution in [1.29, 1.82) is 0 Å². The van der Waals surface area contributed by atoms with Crippen LogP contribution in [0.5, 0.6) is 0 Å². The van der Waals surface area contributed by atoms with E-state index in [-0.39, 0.29) is 18.2 Å². The van der Waals surface area contributed by atoms with Gasteiger partial charge in [-0.15, -0.1) is 0 Å². The van der Waals surface area contributed by atoms with Gasteiger partial charge in [-0.25, -0.2) is 0 Å². The summed E-state index contributed by atoms with van der Waals surface area (Å²) in [7, 11) is 0. The summed E-state index contributed by atoms with van der Waals surface area (Å²) < 4.78 is 0. The highest BCUT2D eigenvalue weighted by molar-refractivity contribution is 5.84. The van der Waals surface area contributed by atoms with Crippen molar-refractivity contribution < 1.29 is 14.7 Å². The van der Waals surface area contributed by atoms with Gasteiger partial charge < -0.3 is 10.4 Å². The first kappa shape index (κ1) is 16.9. The third kappa shape index (κ3) is 4.67. The molecule has 0 radical (unpaired) electrons. The number of carboxylic acid groups (broad SMARTS) is 1. The quantitative estimate of drug-likeness (QED) is 0.736. The molecule has 0 spiro atoms. The van der Waals surface area contributed by atoms with Crippen LogP contribution < -0.4 is 5.32 Å². The number of aliphatic carboxylic acids is 1. The lowest BCUT2D eigenvalue weighted by atomic mass is 9.76. The van der Waals surface area contributed by atoms with Crippen molar-refractivity contribution in [1.82, 2.24) is 5.32 Å². The molecule has 2 N–H and O–H groups in total. The van der Waals surface area contributed by atoms with E-state index in [0.717, 1.165) is 0 Å². The molecule has 2 unspecified atom stereocenters. The molecule has 1 amide bonds. The molecule has 0 aliphatic rings. The lowest BCUT2D eigenvalue weighted by Crippen LogP contribution is -2.40. The molecule has 0 aromatic carbocycles. The predicted molar refractivity (Wildman–Crippen MR) is 72.2 cm³/mol. The SMILES string of the molecule is CC(C)C(C)CNC(=O)CC(C)(C(=O)O)C(C)C. The van der Waals surface area contributed by atoms with Crippen molar-refractivity contribution in [3.05, 3.63) is 0 Å². The number of rotatable bonds is 7. The standard InChI is InChI=1S/C14H27NO3/c1-9(2)11(5)8-15-12(16)7-14(6,10(3)4)13(17)18/h9-11H,7-8H2,1-6H3,(H,15,16)(H,17,18). The van der Waals surface area contributed by atoms with Crippen molar-refractivity contribution in [2.45, 2.75) is 48.0 Å². The monoisotopic (exact) mass is 257 g/mol. The summed E-state index contributed by atoms with van der Waals surface area (Å²) in [5.74, 6) is -0.278. The molecule has 0 aliphatic heterocycles. The van der Waals surface area contributed by atoms with Gasteiger partial charge in [-0.05, 0) is 24.7 Å². The molecular weight excluding hydrogens is 230 g/mol. The van der Waals surface area contributed by atoms with Gasteiger partial charge in [0.15, 0.2) is 0 Å². The number of carbonyl (C=O) groups is 2. The number of nitrogens with one attached hydrogen (secondary N) is 1. The molecule has 4 nitrogen and oxygen atoms in total. The molecule has 18 heavy (non-hydrogen) atoms. The summed E-state index contributed by atoms with van der Waals surface area (Å²) in [5, 5.41) is 12.1. The highest BCUT2D eigenvalue weighted by Gasteiger charge is 2.38. The molecule has 4 heteroatoms. The van der Waals surface area contributed by atoms with E-state index < -0.39 is 11.4 Å². The molecule has 0 bridgehead atoms. The van der Waals surface area contributed by atoms with Gasteiger partial charge >= 0.3 is 5.97 Å². The largest absolute Gasteiger partial charge is 0.481 e. The molecule has 0 aromatic heterocycles. The molecule has 0 saturated heterocycles. The molecule has 0 rings (SSSR count). The Balaban J connectivity index is 4.42. The zero-order chi connectivity index (χ0) is 14.5. The topological polar surface area (TPSA) is 66.4 Å². The Hall–Kier alpha value is -1.06. The molecule has 0 fully saturated rings. The molecule has 0 aromatic rings. The van der Waals surface area contributed by atoms with E-state index in [1.54, 1.807) is 6.92 Å². The second-order valence-electron chi connectivity index (χ2n) is 6.08. The number of carboxylic acids is 1. The second-order valence-corrected chi connectivity index (χ2v) is 6.08. The van der Waals surface area contributed by atoms with Crippen molar-refractivity contribution in [3.8, 4) is 0 Å². The summed E-state index contributed by atoms with van der Waals surface area (Å²) in [4.78, 5) is 23.1. The average molecular weight is 257 g/mol. The Morgan fingerprint density at radius 2 is 1.67 bits per heavy atom. The van der Waals surface area contributed by atoms with Gasteiger partial charge in [0.25, 0.3) is 0 Å². The Labute approximate surface area is 110 Å². The van der Waals surface area contributed by atoms with Crippen molar-refractivity contribution >= 4 is 11.9 Å². The summed E-state index contributed by atoms with van der Waals surface area (Å²) in [5.41, 5.74) is -0.995. The van der Waals surface area contributed by atoms with Gasteiger partial charge in [-0.3, -0.25) is 9.59 Å². The van der Waals surface area contributed by atoms with Crippen LogP contribution in [0, 0.1) is 23.2 Å². The maximum absolute atomic E-state index is 11.8. The fourth-order valence-electron chi connectivity index (χ4n) is 1.43. The van der Waals surface area contributed by atoms with E-state index >= 15 is 0 Å². The van der Waals surface area contributed by atoms with E-state index in [9.17, 15) is 14.7 Å². The van der Waals surface area contributed by atoms with Crippen LogP contribution in [0.2, 0.25) is 0 Å². The molecule has 2 atom stereocenters. The van der Waals surface area contributed by atoms with Crippen LogP contribution in [-0.4, -0.2) is 23.5 Å². The van der Waals surface area contributed by atoms with Gasteiger partial charge in [0.05, 0.1) is 5.41 Å². The Bertz CT molecular complexity index is 299. The first-order valence-corrected chi connectivity index (χ1v) is 6.61. The highest BCUT2D eigenvalue weighted by atomic mass is 16.4. The van der Waals surface area contributed by atoms with Crippen molar-refractivity contribution in [2.75, 3.05) is 6.54 Å². The fourth-order valence-corrected chi connectivity index (χ4v) is 1.43. The van der Waals surface area contributed by atoms with Crippen LogP contribution in [0.25, 0.3) is 0 Å². The smallest absolute Gasteiger partial charge is 0.310 e. The number of carbonyl (C=O) groups excluding carboxylic acids is 1. The average Bonchev–Trinajstić information content (AvgIpc) is 2.24. The predicted octanol–water partition coefficient (Wildman–Crippen LogP) is 2.53. The molecule has 0 heterocycles. The van der Waals surface area contributed by atoms with Crippen molar-refractivity contribution in [2.24, 2.45) is 23.2 Å². The molecule has 0 aliphatic carbocycles. The minimum atomic E-state index is -0.995. The van der Waals surface area contributed by atoms with Gasteiger partial charge in [-0.1, -0.05) is 34.6 Å². The van der Waals surface area contributed by atoms with Crippen LogP contribution in [-0.2, 0) is 9.59 Å². The molecule has 106 valence electrons.